The van der Waals surface area contributed by atoms with Crippen molar-refractivity contribution in [1.29, 1.82) is 0 Å². The van der Waals surface area contributed by atoms with E-state index >= 15 is 0 Å². The van der Waals surface area contributed by atoms with Crippen LogP contribution in [0.4, 0.5) is 0 Å². The SMILES string of the molecule is CCCCCC(=O)O[C@H]1CCN2C[C@@H]3C[C@@H](CN4C(=O)CCC[C@H]34)[C@@H]2C1. The molecule has 5 atom stereocenters. The van der Waals surface area contributed by atoms with Crippen LogP contribution in [0.2, 0.25) is 0 Å². The molecule has 4 aliphatic rings. The number of esters is 1. The first-order chi connectivity index (χ1) is 12.7. The Morgan fingerprint density at radius 2 is 1.96 bits per heavy atom. The molecule has 0 N–H and O–H groups in total. The number of carbonyl (C=O) groups excluding carboxylic acids is 2. The van der Waals surface area contributed by atoms with Gasteiger partial charge in [0.2, 0.25) is 5.91 Å². The number of unbranched alkanes of at least 4 members (excludes halogenated alkanes) is 2. The van der Waals surface area contributed by atoms with Gasteiger partial charge < -0.3 is 9.64 Å². The van der Waals surface area contributed by atoms with Gasteiger partial charge in [0.1, 0.15) is 6.10 Å². The molecule has 0 saturated carbocycles. The van der Waals surface area contributed by atoms with Gasteiger partial charge in [-0.15, -0.1) is 0 Å². The van der Waals surface area contributed by atoms with Crippen LogP contribution in [-0.2, 0) is 14.3 Å². The lowest BCUT2D eigenvalue weighted by Gasteiger charge is -2.57. The first kappa shape index (κ1) is 18.3. The topological polar surface area (TPSA) is 49.9 Å². The molecule has 0 spiro atoms. The van der Waals surface area contributed by atoms with Crippen molar-refractivity contribution in [3.63, 3.8) is 0 Å². The Hall–Kier alpha value is -1.10. The molecule has 4 heterocycles. The number of fused-ring (bicyclic) bond motifs is 6. The largest absolute Gasteiger partial charge is 0.462 e. The van der Waals surface area contributed by atoms with Crippen LogP contribution in [0.25, 0.3) is 0 Å². The van der Waals surface area contributed by atoms with Gasteiger partial charge in [-0.3, -0.25) is 14.5 Å². The number of rotatable bonds is 5. The summed E-state index contributed by atoms with van der Waals surface area (Å²) in [5, 5.41) is 0. The quantitative estimate of drug-likeness (QED) is 0.557. The Labute approximate surface area is 157 Å². The maximum Gasteiger partial charge on any atom is 0.306 e. The fraction of sp³-hybridized carbons (Fsp3) is 0.905. The first-order valence-electron chi connectivity index (χ1n) is 10.9. The number of piperidine rings is 4. The van der Waals surface area contributed by atoms with Gasteiger partial charge >= 0.3 is 5.97 Å². The third kappa shape index (κ3) is 3.64. The third-order valence-electron chi connectivity index (χ3n) is 7.20. The van der Waals surface area contributed by atoms with Crippen molar-refractivity contribution in [1.82, 2.24) is 9.80 Å². The first-order valence-corrected chi connectivity index (χ1v) is 10.9. The monoisotopic (exact) mass is 362 g/mol. The summed E-state index contributed by atoms with van der Waals surface area (Å²) in [6.45, 7) is 5.26. The lowest BCUT2D eigenvalue weighted by Crippen LogP contribution is -2.65. The summed E-state index contributed by atoms with van der Waals surface area (Å²) >= 11 is 0. The van der Waals surface area contributed by atoms with E-state index < -0.39 is 0 Å². The van der Waals surface area contributed by atoms with E-state index in [2.05, 4.69) is 16.7 Å². The Morgan fingerprint density at radius 1 is 1.12 bits per heavy atom. The van der Waals surface area contributed by atoms with E-state index in [9.17, 15) is 9.59 Å². The molecule has 0 aromatic rings. The second-order valence-electron chi connectivity index (χ2n) is 8.92. The lowest BCUT2D eigenvalue weighted by atomic mass is 9.70. The van der Waals surface area contributed by atoms with E-state index in [4.69, 9.17) is 4.74 Å². The van der Waals surface area contributed by atoms with Crippen molar-refractivity contribution in [3.05, 3.63) is 0 Å². The Morgan fingerprint density at radius 3 is 2.81 bits per heavy atom. The van der Waals surface area contributed by atoms with Crippen LogP contribution in [-0.4, -0.2) is 59.5 Å². The summed E-state index contributed by atoms with van der Waals surface area (Å²) in [6, 6.07) is 0.978. The van der Waals surface area contributed by atoms with E-state index in [1.165, 1.54) is 12.8 Å². The van der Waals surface area contributed by atoms with Crippen LogP contribution in [0.15, 0.2) is 0 Å². The third-order valence-corrected chi connectivity index (χ3v) is 7.20. The molecular formula is C21H34N2O3. The zero-order chi connectivity index (χ0) is 18.1. The lowest BCUT2D eigenvalue weighted by molar-refractivity contribution is -0.159. The number of nitrogens with zero attached hydrogens (tertiary/aromatic N) is 2. The summed E-state index contributed by atoms with van der Waals surface area (Å²) < 4.78 is 5.81. The van der Waals surface area contributed by atoms with E-state index in [1.54, 1.807) is 0 Å². The number of carbonyl (C=O) groups is 2. The van der Waals surface area contributed by atoms with E-state index in [0.717, 1.165) is 64.6 Å². The Bertz CT molecular complexity index is 537. The smallest absolute Gasteiger partial charge is 0.306 e. The fourth-order valence-electron chi connectivity index (χ4n) is 5.92. The molecule has 2 bridgehead atoms. The minimum Gasteiger partial charge on any atom is -0.462 e. The number of ether oxygens (including phenoxy) is 1. The second-order valence-corrected chi connectivity index (χ2v) is 8.92. The molecule has 146 valence electrons. The summed E-state index contributed by atoms with van der Waals surface area (Å²) in [5.74, 6) is 1.58. The predicted molar refractivity (Wildman–Crippen MR) is 99.6 cm³/mol. The zero-order valence-electron chi connectivity index (χ0n) is 16.2. The van der Waals surface area contributed by atoms with Gasteiger partial charge in [-0.25, -0.2) is 0 Å². The van der Waals surface area contributed by atoms with Crippen LogP contribution in [0.5, 0.6) is 0 Å². The molecule has 4 saturated heterocycles. The average molecular weight is 363 g/mol. The van der Waals surface area contributed by atoms with Crippen LogP contribution >= 0.6 is 0 Å². The van der Waals surface area contributed by atoms with Gasteiger partial charge in [-0.2, -0.15) is 0 Å². The van der Waals surface area contributed by atoms with Gasteiger partial charge in [-0.05, 0) is 43.9 Å². The number of hydrogen-bond acceptors (Lipinski definition) is 4. The molecule has 26 heavy (non-hydrogen) atoms. The molecule has 0 radical (unpaired) electrons. The molecule has 4 fully saturated rings. The van der Waals surface area contributed by atoms with Crippen LogP contribution in [0.3, 0.4) is 0 Å². The standard InChI is InChI=1S/C21H34N2O3/c1-2-3-4-8-21(25)26-17-9-10-22-13-15-11-16(19(22)12-17)14-23-18(15)6-5-7-20(23)24/h15-19H,2-14H2,1H3/t15-,16-,17-,18+,19-/m0/s1. The van der Waals surface area contributed by atoms with Gasteiger partial charge in [0.15, 0.2) is 0 Å². The van der Waals surface area contributed by atoms with Crippen LogP contribution in [0.1, 0.15) is 71.1 Å². The van der Waals surface area contributed by atoms with Crippen molar-refractivity contribution in [2.75, 3.05) is 19.6 Å². The normalized spacial score (nSPS) is 37.0. The highest BCUT2D eigenvalue weighted by atomic mass is 16.5. The van der Waals surface area contributed by atoms with Crippen molar-refractivity contribution in [3.8, 4) is 0 Å². The van der Waals surface area contributed by atoms with Gasteiger partial charge in [-0.1, -0.05) is 19.8 Å². The molecule has 5 heteroatoms. The molecule has 1 amide bonds. The Balaban J connectivity index is 1.35. The highest BCUT2D eigenvalue weighted by molar-refractivity contribution is 5.77. The van der Waals surface area contributed by atoms with Gasteiger partial charge in [0.05, 0.1) is 0 Å². The van der Waals surface area contributed by atoms with Crippen LogP contribution < -0.4 is 0 Å². The van der Waals surface area contributed by atoms with E-state index in [1.807, 2.05) is 0 Å². The summed E-state index contributed by atoms with van der Waals surface area (Å²) in [4.78, 5) is 29.4. The maximum absolute atomic E-state index is 12.4. The minimum atomic E-state index is -0.0134. The van der Waals surface area contributed by atoms with Crippen molar-refractivity contribution < 1.29 is 14.3 Å². The highest BCUT2D eigenvalue weighted by Crippen LogP contribution is 2.43. The summed E-state index contributed by atoms with van der Waals surface area (Å²) in [7, 11) is 0. The predicted octanol–water partition coefficient (Wildman–Crippen LogP) is 2.97. The van der Waals surface area contributed by atoms with Crippen molar-refractivity contribution >= 4 is 11.9 Å². The number of amides is 1. The van der Waals surface area contributed by atoms with Crippen LogP contribution in [0, 0.1) is 11.8 Å². The Kier molecular flexibility index (Phi) is 5.53. The summed E-state index contributed by atoms with van der Waals surface area (Å²) in [5.41, 5.74) is 0. The molecule has 4 aliphatic heterocycles. The van der Waals surface area contributed by atoms with Crippen molar-refractivity contribution in [2.24, 2.45) is 11.8 Å². The average Bonchev–Trinajstić information content (AvgIpc) is 2.63. The fourth-order valence-corrected chi connectivity index (χ4v) is 5.92. The second kappa shape index (κ2) is 7.87. The highest BCUT2D eigenvalue weighted by Gasteiger charge is 2.49. The molecule has 0 aromatic heterocycles. The molecule has 0 aliphatic carbocycles. The van der Waals surface area contributed by atoms with E-state index in [-0.39, 0.29) is 12.1 Å². The molecule has 0 unspecified atom stereocenters. The zero-order valence-corrected chi connectivity index (χ0v) is 16.2. The minimum absolute atomic E-state index is 0.0134. The summed E-state index contributed by atoms with van der Waals surface area (Å²) in [6.07, 6.45) is 10.0. The molecule has 4 rings (SSSR count). The molecular weight excluding hydrogens is 328 g/mol. The van der Waals surface area contributed by atoms with Crippen molar-refractivity contribution in [2.45, 2.75) is 89.3 Å². The number of hydrogen-bond donors (Lipinski definition) is 0. The van der Waals surface area contributed by atoms with Gasteiger partial charge in [0.25, 0.3) is 0 Å². The molecule has 0 aromatic carbocycles. The molecule has 5 nitrogen and oxygen atoms in total. The van der Waals surface area contributed by atoms with Gasteiger partial charge in [0, 0.05) is 51.0 Å². The maximum atomic E-state index is 12.4. The van der Waals surface area contributed by atoms with E-state index in [0.29, 0.717) is 36.2 Å².